The number of rotatable bonds is 0. The molecule has 2 aliphatic carbocycles. The van der Waals surface area contributed by atoms with Crippen LogP contribution < -0.4 is 0 Å². The number of allylic oxidation sites excluding steroid dienone is 8. The first kappa shape index (κ1) is 31.2. The summed E-state index contributed by atoms with van der Waals surface area (Å²) in [6.07, 6.45) is 16.2. The van der Waals surface area contributed by atoms with Crippen molar-refractivity contribution in [3.63, 3.8) is 0 Å². The van der Waals surface area contributed by atoms with Crippen molar-refractivity contribution in [3.8, 4) is 0 Å². The molecule has 0 heterocycles. The Bertz CT molecular complexity index is 272. The van der Waals surface area contributed by atoms with Gasteiger partial charge in [-0.25, -0.2) is 23.8 Å². The number of hydrogen-bond acceptors (Lipinski definition) is 0. The van der Waals surface area contributed by atoms with Crippen LogP contribution in [0.1, 0.15) is 26.7 Å². The predicted octanol–water partition coefficient (Wildman–Crippen LogP) is 4.22. The molecule has 0 fully saturated rings. The molecule has 18 heavy (non-hydrogen) atoms. The van der Waals surface area contributed by atoms with Gasteiger partial charge in [-0.3, -0.25) is 12.2 Å². The van der Waals surface area contributed by atoms with Crippen LogP contribution in [0.5, 0.6) is 0 Å². The molecule has 0 saturated heterocycles. The third-order valence-electron chi connectivity index (χ3n) is 1.94. The SMILES string of the molecule is CC1=C(C)C[C-]=C1.Cl.Cl.[C-]1=CC=CC1.[CH3-].[CH3-].[SiH2]=[Zr]. The van der Waals surface area contributed by atoms with E-state index in [1.807, 2.05) is 19.0 Å². The van der Waals surface area contributed by atoms with Crippen molar-refractivity contribution in [1.29, 1.82) is 0 Å². The summed E-state index contributed by atoms with van der Waals surface area (Å²) in [5.41, 5.74) is 2.85. The van der Waals surface area contributed by atoms with Crippen LogP contribution in [0, 0.1) is 27.0 Å². The van der Waals surface area contributed by atoms with Crippen LogP contribution in [-0.2, 0) is 23.3 Å². The summed E-state index contributed by atoms with van der Waals surface area (Å²) in [6, 6.07) is 0. The minimum atomic E-state index is 0. The second kappa shape index (κ2) is 22.8. The maximum atomic E-state index is 3.12. The molecule has 106 valence electrons. The Kier molecular flexibility index (Phi) is 39.5. The molecule has 0 aromatic heterocycles. The molecule has 4 heteroatoms. The van der Waals surface area contributed by atoms with Crippen molar-refractivity contribution in [2.24, 2.45) is 0 Å². The van der Waals surface area contributed by atoms with E-state index in [2.05, 4.69) is 38.2 Å². The number of hydrogen-bond donors (Lipinski definition) is 0. The second-order valence-electron chi connectivity index (χ2n) is 2.99. The normalized spacial score (nSPS) is 12.5. The summed E-state index contributed by atoms with van der Waals surface area (Å²) >= 11 is 1.58. The Morgan fingerprint density at radius 3 is 1.78 bits per heavy atom. The first-order valence-electron chi connectivity index (χ1n) is 4.61. The predicted molar refractivity (Wildman–Crippen MR) is 88.2 cm³/mol. The fourth-order valence-corrected chi connectivity index (χ4v) is 0.960. The van der Waals surface area contributed by atoms with Gasteiger partial charge in [0, 0.05) is 0 Å². The zero-order chi connectivity index (χ0) is 10.8. The van der Waals surface area contributed by atoms with Crippen molar-refractivity contribution < 1.29 is 23.3 Å². The monoisotopic (exact) mass is 380 g/mol. The van der Waals surface area contributed by atoms with E-state index in [9.17, 15) is 0 Å². The van der Waals surface area contributed by atoms with E-state index in [1.165, 1.54) is 11.1 Å². The fraction of sp³-hybridized carbons (Fsp3) is 0.286. The summed E-state index contributed by atoms with van der Waals surface area (Å²) in [5, 5.41) is 0. The van der Waals surface area contributed by atoms with Crippen LogP contribution in [0.4, 0.5) is 0 Å². The van der Waals surface area contributed by atoms with Crippen molar-refractivity contribution >= 4 is 31.7 Å². The van der Waals surface area contributed by atoms with Crippen molar-refractivity contribution in [2.45, 2.75) is 26.7 Å². The molecule has 0 radical (unpaired) electrons. The molecule has 0 N–H and O–H groups in total. The first-order chi connectivity index (χ1) is 6.80. The van der Waals surface area contributed by atoms with Crippen LogP contribution in [0.2, 0.25) is 0 Å². The topological polar surface area (TPSA) is 0 Å². The molecule has 0 aromatic carbocycles. The van der Waals surface area contributed by atoms with Gasteiger partial charge in [-0.2, -0.15) is 11.6 Å². The van der Waals surface area contributed by atoms with Crippen molar-refractivity contribution in [3.05, 3.63) is 62.5 Å². The van der Waals surface area contributed by atoms with Gasteiger partial charge in [-0.15, -0.1) is 44.6 Å². The summed E-state index contributed by atoms with van der Waals surface area (Å²) in [7, 11) is 0. The first-order valence-corrected chi connectivity index (χ1v) is 10.5. The fourth-order valence-electron chi connectivity index (χ4n) is 0.960. The van der Waals surface area contributed by atoms with E-state index in [-0.39, 0.29) is 39.7 Å². The van der Waals surface area contributed by atoms with Gasteiger partial charge in [0.15, 0.2) is 0 Å². The Morgan fingerprint density at radius 2 is 1.67 bits per heavy atom. The van der Waals surface area contributed by atoms with Crippen molar-refractivity contribution in [2.75, 3.05) is 0 Å². The molecule has 0 unspecified atom stereocenters. The van der Waals surface area contributed by atoms with E-state index in [4.69, 9.17) is 0 Å². The summed E-state index contributed by atoms with van der Waals surface area (Å²) in [4.78, 5) is 0. The minimum absolute atomic E-state index is 0. The second-order valence-corrected chi connectivity index (χ2v) is 2.99. The van der Waals surface area contributed by atoms with E-state index < -0.39 is 0 Å². The molecule has 2 aliphatic rings. The van der Waals surface area contributed by atoms with Gasteiger partial charge in [0.05, 0.1) is 0 Å². The molecule has 0 bridgehead atoms. The van der Waals surface area contributed by atoms with Crippen molar-refractivity contribution in [1.82, 2.24) is 0 Å². The molecule has 2 rings (SSSR count). The molecule has 0 nitrogen and oxygen atoms in total. The van der Waals surface area contributed by atoms with Gasteiger partial charge < -0.3 is 14.9 Å². The molecule has 0 spiro atoms. The van der Waals surface area contributed by atoms with E-state index in [0.717, 1.165) is 12.8 Å². The van der Waals surface area contributed by atoms with Crippen LogP contribution in [0.15, 0.2) is 35.5 Å². The van der Waals surface area contributed by atoms with Gasteiger partial charge in [0.25, 0.3) is 0 Å². The molecule has 0 amide bonds. The van der Waals surface area contributed by atoms with Gasteiger partial charge in [-0.1, -0.05) is 6.92 Å². The van der Waals surface area contributed by atoms with Gasteiger partial charge >= 0.3 is 30.2 Å². The van der Waals surface area contributed by atoms with Gasteiger partial charge in [0.1, 0.15) is 0 Å². The van der Waals surface area contributed by atoms with Crippen LogP contribution >= 0.6 is 24.8 Å². The molecule has 0 aromatic rings. The number of halogens is 2. The molecule has 0 saturated carbocycles. The van der Waals surface area contributed by atoms with Gasteiger partial charge in [-0.05, 0) is 0 Å². The molecular formula is C14H24Cl2SiZr-4. The Labute approximate surface area is 143 Å². The van der Waals surface area contributed by atoms with Crippen LogP contribution in [0.25, 0.3) is 0 Å². The standard InChI is InChI=1S/C7H9.C5H5.2CH3.2ClH.H2Si.Zr/c1-6-4-3-5-7(6)2;1-2-4-5-3-1;;;;;;/h4H,5H2,1-2H3;1-3H,4H2;2*1H3;2*1H;1H2;/q4*-1;;;;. The van der Waals surface area contributed by atoms with Crippen LogP contribution in [-0.4, -0.2) is 6.88 Å². The van der Waals surface area contributed by atoms with E-state index in [0.29, 0.717) is 0 Å². The molecule has 0 atom stereocenters. The maximum absolute atomic E-state index is 3.12. The zero-order valence-electron chi connectivity index (χ0n) is 11.7. The molecular weight excluding hydrogens is 358 g/mol. The third kappa shape index (κ3) is 16.6. The van der Waals surface area contributed by atoms with E-state index >= 15 is 0 Å². The summed E-state index contributed by atoms with van der Waals surface area (Å²) in [6.45, 7) is 6.22. The summed E-state index contributed by atoms with van der Waals surface area (Å²) in [5.74, 6) is 0. The molecule has 0 aliphatic heterocycles. The summed E-state index contributed by atoms with van der Waals surface area (Å²) < 4.78 is 0. The average molecular weight is 383 g/mol. The van der Waals surface area contributed by atoms with Crippen LogP contribution in [0.3, 0.4) is 0 Å². The zero-order valence-corrected chi connectivity index (χ0v) is 17.3. The third-order valence-corrected chi connectivity index (χ3v) is 1.94. The Balaban J connectivity index is -0.0000000470. The average Bonchev–Trinajstić information content (AvgIpc) is 2.86. The Hall–Kier alpha value is 0.640. The Morgan fingerprint density at radius 1 is 1.11 bits per heavy atom. The quantitative estimate of drug-likeness (QED) is 0.435. The van der Waals surface area contributed by atoms with E-state index in [1.54, 1.807) is 23.3 Å². The van der Waals surface area contributed by atoms with Gasteiger partial charge in [0.2, 0.25) is 0 Å².